The summed E-state index contributed by atoms with van der Waals surface area (Å²) in [6.45, 7) is 6.90. The van der Waals surface area contributed by atoms with Crippen LogP contribution in [0.3, 0.4) is 0 Å². The molecule has 2 aromatic heterocycles. The standard InChI is InChI=1S/C30H31N7O/c1-22-12-13-25-19-26(30(38)31-27(25)18-22)28(29-32-33-34-37(29)21-24-10-6-3-7-11-24)36-16-14-35(15-17-36)20-23-8-4-2-5-9-23/h2-13,18-19,28H,14-17,20-21H2,1H3,(H,31,38)/t28-/m0/s1. The number of nitrogens with zero attached hydrogens (tertiary/aromatic N) is 6. The van der Waals surface area contributed by atoms with Crippen LogP contribution in [0.1, 0.15) is 34.1 Å². The summed E-state index contributed by atoms with van der Waals surface area (Å²) in [5, 5.41) is 13.9. The van der Waals surface area contributed by atoms with Crippen LogP contribution in [0.4, 0.5) is 0 Å². The second-order valence-electron chi connectivity index (χ2n) is 10.0. The first-order chi connectivity index (χ1) is 18.6. The van der Waals surface area contributed by atoms with Crippen molar-refractivity contribution in [3.05, 3.63) is 123 Å². The third-order valence-corrected chi connectivity index (χ3v) is 7.33. The van der Waals surface area contributed by atoms with Crippen LogP contribution >= 0.6 is 0 Å². The molecule has 0 radical (unpaired) electrons. The maximum atomic E-state index is 13.5. The van der Waals surface area contributed by atoms with Crippen LogP contribution in [0.5, 0.6) is 0 Å². The van der Waals surface area contributed by atoms with Crippen molar-refractivity contribution in [2.45, 2.75) is 26.1 Å². The molecule has 0 bridgehead atoms. The molecule has 192 valence electrons. The van der Waals surface area contributed by atoms with Gasteiger partial charge in [0.15, 0.2) is 5.82 Å². The number of rotatable bonds is 7. The molecule has 1 aliphatic rings. The number of pyridine rings is 1. The molecule has 0 unspecified atom stereocenters. The molecule has 3 aromatic carbocycles. The number of nitrogens with one attached hydrogen (secondary N) is 1. The number of aromatic amines is 1. The SMILES string of the molecule is Cc1ccc2cc([C@@H](c3nnnn3Cc3ccccc3)N3CCN(Cc4ccccc4)CC3)c(=O)[nH]c2c1. The van der Waals surface area contributed by atoms with Gasteiger partial charge in [0.25, 0.3) is 5.56 Å². The predicted octanol–water partition coefficient (Wildman–Crippen LogP) is 3.78. The molecule has 1 saturated heterocycles. The fraction of sp³-hybridized carbons (Fsp3) is 0.267. The zero-order chi connectivity index (χ0) is 25.9. The second kappa shape index (κ2) is 10.7. The quantitative estimate of drug-likeness (QED) is 0.363. The normalized spacial score (nSPS) is 15.6. The average Bonchev–Trinajstić information content (AvgIpc) is 3.39. The van der Waals surface area contributed by atoms with E-state index in [0.29, 0.717) is 17.9 Å². The minimum absolute atomic E-state index is 0.103. The molecule has 1 atom stereocenters. The topological polar surface area (TPSA) is 82.9 Å². The Morgan fingerprint density at radius 1 is 0.842 bits per heavy atom. The lowest BCUT2D eigenvalue weighted by Crippen LogP contribution is -2.48. The molecular weight excluding hydrogens is 474 g/mol. The van der Waals surface area contributed by atoms with Crippen LogP contribution in [0.25, 0.3) is 10.9 Å². The maximum absolute atomic E-state index is 13.5. The number of fused-ring (bicyclic) bond motifs is 1. The zero-order valence-corrected chi connectivity index (χ0v) is 21.5. The Kier molecular flexibility index (Phi) is 6.81. The summed E-state index contributed by atoms with van der Waals surface area (Å²) in [5.41, 5.74) is 4.94. The summed E-state index contributed by atoms with van der Waals surface area (Å²) in [6, 6.07) is 28.5. The van der Waals surface area contributed by atoms with Gasteiger partial charge < -0.3 is 4.98 Å². The van der Waals surface area contributed by atoms with Crippen LogP contribution in [0, 0.1) is 6.92 Å². The van der Waals surface area contributed by atoms with E-state index in [2.05, 4.69) is 78.8 Å². The smallest absolute Gasteiger partial charge is 0.253 e. The number of aryl methyl sites for hydroxylation is 1. The first kappa shape index (κ1) is 24.2. The van der Waals surface area contributed by atoms with Crippen molar-refractivity contribution in [1.29, 1.82) is 0 Å². The van der Waals surface area contributed by atoms with E-state index in [9.17, 15) is 4.79 Å². The summed E-state index contributed by atoms with van der Waals surface area (Å²) in [7, 11) is 0. The average molecular weight is 506 g/mol. The highest BCUT2D eigenvalue weighted by molar-refractivity contribution is 5.79. The number of aromatic nitrogens is 5. The Morgan fingerprint density at radius 2 is 1.53 bits per heavy atom. The van der Waals surface area contributed by atoms with Crippen LogP contribution in [-0.4, -0.2) is 61.2 Å². The van der Waals surface area contributed by atoms with Gasteiger partial charge in [-0.3, -0.25) is 14.6 Å². The Hall–Kier alpha value is -4.14. The lowest BCUT2D eigenvalue weighted by atomic mass is 10.0. The van der Waals surface area contributed by atoms with E-state index in [1.54, 1.807) is 0 Å². The van der Waals surface area contributed by atoms with Crippen molar-refractivity contribution in [2.75, 3.05) is 26.2 Å². The Bertz CT molecular complexity index is 1570. The summed E-state index contributed by atoms with van der Waals surface area (Å²) < 4.78 is 1.83. The van der Waals surface area contributed by atoms with Gasteiger partial charge in [-0.25, -0.2) is 4.68 Å². The number of hydrogen-bond donors (Lipinski definition) is 1. The van der Waals surface area contributed by atoms with Gasteiger partial charge in [-0.05, 0) is 51.6 Å². The van der Waals surface area contributed by atoms with Crippen molar-refractivity contribution >= 4 is 10.9 Å². The monoisotopic (exact) mass is 505 g/mol. The molecule has 6 rings (SSSR count). The third kappa shape index (κ3) is 5.14. The molecule has 8 nitrogen and oxygen atoms in total. The van der Waals surface area contributed by atoms with Crippen LogP contribution in [0.15, 0.2) is 89.7 Å². The number of tetrazole rings is 1. The van der Waals surface area contributed by atoms with Gasteiger partial charge in [0.1, 0.15) is 6.04 Å². The largest absolute Gasteiger partial charge is 0.322 e. The van der Waals surface area contributed by atoms with Gasteiger partial charge in [-0.1, -0.05) is 72.8 Å². The van der Waals surface area contributed by atoms with E-state index in [-0.39, 0.29) is 11.6 Å². The highest BCUT2D eigenvalue weighted by Gasteiger charge is 2.32. The summed E-state index contributed by atoms with van der Waals surface area (Å²) in [6.07, 6.45) is 0. The summed E-state index contributed by atoms with van der Waals surface area (Å²) >= 11 is 0. The van der Waals surface area contributed by atoms with E-state index >= 15 is 0 Å². The lowest BCUT2D eigenvalue weighted by Gasteiger charge is -2.38. The molecule has 8 heteroatoms. The second-order valence-corrected chi connectivity index (χ2v) is 10.0. The van der Waals surface area contributed by atoms with E-state index in [1.165, 1.54) is 5.56 Å². The number of benzene rings is 3. The van der Waals surface area contributed by atoms with Crippen LogP contribution in [-0.2, 0) is 13.1 Å². The molecule has 0 spiro atoms. The van der Waals surface area contributed by atoms with Gasteiger partial charge in [0, 0.05) is 43.8 Å². The molecular formula is C30H31N7O. The number of H-pyrrole nitrogens is 1. The van der Waals surface area contributed by atoms with Crippen LogP contribution < -0.4 is 5.56 Å². The van der Waals surface area contributed by atoms with E-state index in [0.717, 1.165) is 54.8 Å². The summed E-state index contributed by atoms with van der Waals surface area (Å²) in [5.74, 6) is 0.683. The van der Waals surface area contributed by atoms with Gasteiger partial charge in [0.05, 0.1) is 6.54 Å². The fourth-order valence-electron chi connectivity index (χ4n) is 5.33. The van der Waals surface area contributed by atoms with Gasteiger partial charge in [-0.15, -0.1) is 5.10 Å². The number of piperazine rings is 1. The van der Waals surface area contributed by atoms with E-state index in [1.807, 2.05) is 48.0 Å². The lowest BCUT2D eigenvalue weighted by molar-refractivity contribution is 0.0998. The van der Waals surface area contributed by atoms with Crippen molar-refractivity contribution in [2.24, 2.45) is 0 Å². The Morgan fingerprint density at radius 3 is 2.24 bits per heavy atom. The number of hydrogen-bond acceptors (Lipinski definition) is 6. The minimum Gasteiger partial charge on any atom is -0.322 e. The first-order valence-electron chi connectivity index (χ1n) is 13.1. The van der Waals surface area contributed by atoms with Gasteiger partial charge in [-0.2, -0.15) is 0 Å². The molecule has 0 amide bonds. The zero-order valence-electron chi connectivity index (χ0n) is 21.5. The molecule has 1 N–H and O–H groups in total. The van der Waals surface area contributed by atoms with Crippen molar-refractivity contribution in [3.8, 4) is 0 Å². The highest BCUT2D eigenvalue weighted by Crippen LogP contribution is 2.28. The maximum Gasteiger partial charge on any atom is 0.253 e. The van der Waals surface area contributed by atoms with Gasteiger partial charge in [0.2, 0.25) is 0 Å². The first-order valence-corrected chi connectivity index (χ1v) is 13.1. The summed E-state index contributed by atoms with van der Waals surface area (Å²) in [4.78, 5) is 21.5. The predicted molar refractivity (Wildman–Crippen MR) is 148 cm³/mol. The minimum atomic E-state index is -0.359. The fourth-order valence-corrected chi connectivity index (χ4v) is 5.33. The Balaban J connectivity index is 1.35. The van der Waals surface area contributed by atoms with Gasteiger partial charge >= 0.3 is 0 Å². The molecule has 0 aliphatic carbocycles. The highest BCUT2D eigenvalue weighted by atomic mass is 16.1. The molecule has 1 fully saturated rings. The van der Waals surface area contributed by atoms with Crippen molar-refractivity contribution in [1.82, 2.24) is 35.0 Å². The van der Waals surface area contributed by atoms with E-state index < -0.39 is 0 Å². The molecule has 3 heterocycles. The molecule has 5 aromatic rings. The van der Waals surface area contributed by atoms with Crippen molar-refractivity contribution in [3.63, 3.8) is 0 Å². The molecule has 1 aliphatic heterocycles. The van der Waals surface area contributed by atoms with Crippen LogP contribution in [0.2, 0.25) is 0 Å². The molecule has 38 heavy (non-hydrogen) atoms. The van der Waals surface area contributed by atoms with Crippen molar-refractivity contribution < 1.29 is 0 Å². The molecule has 0 saturated carbocycles. The third-order valence-electron chi connectivity index (χ3n) is 7.33. The Labute approximate surface area is 221 Å². The van der Waals surface area contributed by atoms with E-state index in [4.69, 9.17) is 0 Å².